The second-order valence-corrected chi connectivity index (χ2v) is 8.36. The summed E-state index contributed by atoms with van der Waals surface area (Å²) in [5.74, 6) is -0.329. The van der Waals surface area contributed by atoms with E-state index in [2.05, 4.69) is 10.4 Å². The predicted molar refractivity (Wildman–Crippen MR) is 107 cm³/mol. The highest BCUT2D eigenvalue weighted by molar-refractivity contribution is 7.89. The maximum Gasteiger partial charge on any atom is 0.276 e. The van der Waals surface area contributed by atoms with Gasteiger partial charge in [-0.25, -0.2) is 18.2 Å². The van der Waals surface area contributed by atoms with E-state index in [0.717, 1.165) is 0 Å². The summed E-state index contributed by atoms with van der Waals surface area (Å²) in [5, 5.41) is 12.9. The topological polar surface area (TPSA) is 124 Å². The van der Waals surface area contributed by atoms with E-state index in [-0.39, 0.29) is 22.1 Å². The highest BCUT2D eigenvalue weighted by atomic mass is 32.2. The molecule has 3 N–H and O–H groups in total. The molecule has 0 saturated heterocycles. The van der Waals surface area contributed by atoms with E-state index in [0.29, 0.717) is 23.0 Å². The quantitative estimate of drug-likeness (QED) is 0.677. The molecule has 0 radical (unpaired) electrons. The standard InChI is InChI=1S/C19H20N4O4S/c1-12(2)11-23-19(25)16-6-4-3-5-15(16)17(22-23)18(24)21-13-7-9-14(10-8-13)28(20,26)27/h3-10,12H,11H2,1-2H3,(H,21,24)(H2,20,26,27). The third-order valence-electron chi connectivity index (χ3n) is 4.06. The molecule has 0 aliphatic heterocycles. The Labute approximate surface area is 162 Å². The van der Waals surface area contributed by atoms with Gasteiger partial charge in [0.2, 0.25) is 10.0 Å². The molecule has 0 bridgehead atoms. The lowest BCUT2D eigenvalue weighted by Crippen LogP contribution is -2.29. The first-order valence-electron chi connectivity index (χ1n) is 8.61. The molecule has 0 saturated carbocycles. The summed E-state index contributed by atoms with van der Waals surface area (Å²) < 4.78 is 24.0. The second kappa shape index (κ2) is 7.53. The molecule has 0 aliphatic rings. The van der Waals surface area contributed by atoms with Gasteiger partial charge >= 0.3 is 0 Å². The van der Waals surface area contributed by atoms with Gasteiger partial charge in [0, 0.05) is 17.6 Å². The number of hydrogen-bond donors (Lipinski definition) is 2. The number of hydrogen-bond acceptors (Lipinski definition) is 5. The summed E-state index contributed by atoms with van der Waals surface area (Å²) in [7, 11) is -3.81. The first-order valence-corrected chi connectivity index (χ1v) is 10.2. The number of nitrogens with one attached hydrogen (secondary N) is 1. The van der Waals surface area contributed by atoms with Crippen LogP contribution >= 0.6 is 0 Å². The molecular formula is C19H20N4O4S. The van der Waals surface area contributed by atoms with E-state index in [1.165, 1.54) is 28.9 Å². The molecule has 3 aromatic rings. The zero-order valence-electron chi connectivity index (χ0n) is 15.4. The molecule has 2 aromatic carbocycles. The fourth-order valence-electron chi connectivity index (χ4n) is 2.79. The van der Waals surface area contributed by atoms with Gasteiger partial charge in [0.15, 0.2) is 5.69 Å². The smallest absolute Gasteiger partial charge is 0.276 e. The van der Waals surface area contributed by atoms with E-state index in [4.69, 9.17) is 5.14 Å². The van der Waals surface area contributed by atoms with E-state index < -0.39 is 15.9 Å². The Morgan fingerprint density at radius 1 is 1.11 bits per heavy atom. The van der Waals surface area contributed by atoms with Crippen LogP contribution in [0.3, 0.4) is 0 Å². The van der Waals surface area contributed by atoms with Crippen molar-refractivity contribution in [2.45, 2.75) is 25.3 Å². The molecule has 0 unspecified atom stereocenters. The number of aromatic nitrogens is 2. The summed E-state index contributed by atoms with van der Waals surface area (Å²) in [5.41, 5.74) is 0.245. The Morgan fingerprint density at radius 2 is 1.71 bits per heavy atom. The highest BCUT2D eigenvalue weighted by Crippen LogP contribution is 2.17. The number of rotatable bonds is 5. The van der Waals surface area contributed by atoms with Crippen molar-refractivity contribution < 1.29 is 13.2 Å². The molecule has 0 fully saturated rings. The van der Waals surface area contributed by atoms with Crippen molar-refractivity contribution >= 4 is 32.4 Å². The number of nitrogens with zero attached hydrogens (tertiary/aromatic N) is 2. The van der Waals surface area contributed by atoms with Crippen LogP contribution < -0.4 is 16.0 Å². The first-order chi connectivity index (χ1) is 13.2. The van der Waals surface area contributed by atoms with Gasteiger partial charge in [0.05, 0.1) is 10.3 Å². The van der Waals surface area contributed by atoms with Crippen molar-refractivity contribution in [2.24, 2.45) is 11.1 Å². The van der Waals surface area contributed by atoms with Gasteiger partial charge in [0.25, 0.3) is 11.5 Å². The monoisotopic (exact) mass is 400 g/mol. The van der Waals surface area contributed by atoms with Gasteiger partial charge in [0.1, 0.15) is 0 Å². The lowest BCUT2D eigenvalue weighted by Gasteiger charge is -2.13. The van der Waals surface area contributed by atoms with Gasteiger partial charge in [-0.1, -0.05) is 32.0 Å². The van der Waals surface area contributed by atoms with E-state index >= 15 is 0 Å². The molecule has 0 aliphatic carbocycles. The molecule has 1 amide bonds. The number of fused-ring (bicyclic) bond motifs is 1. The largest absolute Gasteiger partial charge is 0.321 e. The average Bonchev–Trinajstić information content (AvgIpc) is 2.63. The molecule has 1 heterocycles. The maximum atomic E-state index is 12.8. The molecule has 0 spiro atoms. The van der Waals surface area contributed by atoms with Crippen molar-refractivity contribution in [1.29, 1.82) is 0 Å². The van der Waals surface area contributed by atoms with Gasteiger partial charge in [-0.15, -0.1) is 0 Å². The van der Waals surface area contributed by atoms with E-state index in [1.807, 2.05) is 13.8 Å². The average molecular weight is 400 g/mol. The number of carbonyl (C=O) groups is 1. The van der Waals surface area contributed by atoms with Gasteiger partial charge in [-0.3, -0.25) is 9.59 Å². The molecule has 3 rings (SSSR count). The molecule has 0 atom stereocenters. The van der Waals surface area contributed by atoms with Crippen LogP contribution in [-0.4, -0.2) is 24.1 Å². The van der Waals surface area contributed by atoms with Crippen molar-refractivity contribution in [3.05, 3.63) is 64.6 Å². The zero-order valence-corrected chi connectivity index (χ0v) is 16.2. The van der Waals surface area contributed by atoms with Crippen molar-refractivity contribution in [2.75, 3.05) is 5.32 Å². The van der Waals surface area contributed by atoms with Crippen molar-refractivity contribution in [3.8, 4) is 0 Å². The minimum absolute atomic E-state index is 0.0560. The Balaban J connectivity index is 2.01. The number of sulfonamides is 1. The normalized spacial score (nSPS) is 11.7. The van der Waals surface area contributed by atoms with Crippen LogP contribution in [0.1, 0.15) is 24.3 Å². The van der Waals surface area contributed by atoms with Crippen LogP contribution in [-0.2, 0) is 16.6 Å². The number of benzene rings is 2. The fraction of sp³-hybridized carbons (Fsp3) is 0.211. The Kier molecular flexibility index (Phi) is 5.30. The molecule has 8 nitrogen and oxygen atoms in total. The molecular weight excluding hydrogens is 380 g/mol. The summed E-state index contributed by atoms with van der Waals surface area (Å²) in [6, 6.07) is 12.3. The van der Waals surface area contributed by atoms with Crippen molar-refractivity contribution in [1.82, 2.24) is 9.78 Å². The number of amides is 1. The van der Waals surface area contributed by atoms with Gasteiger partial charge in [-0.2, -0.15) is 5.10 Å². The Morgan fingerprint density at radius 3 is 2.29 bits per heavy atom. The van der Waals surface area contributed by atoms with Crippen molar-refractivity contribution in [3.63, 3.8) is 0 Å². The van der Waals surface area contributed by atoms with Gasteiger partial charge < -0.3 is 5.32 Å². The summed E-state index contributed by atoms with van der Waals surface area (Å²) in [4.78, 5) is 25.4. The highest BCUT2D eigenvalue weighted by Gasteiger charge is 2.17. The van der Waals surface area contributed by atoms with E-state index in [9.17, 15) is 18.0 Å². The molecule has 9 heteroatoms. The molecule has 1 aromatic heterocycles. The van der Waals surface area contributed by atoms with Crippen LogP contribution in [0.4, 0.5) is 5.69 Å². The summed E-state index contributed by atoms with van der Waals surface area (Å²) in [6.07, 6.45) is 0. The first kappa shape index (κ1) is 19.7. The van der Waals surface area contributed by atoms with Crippen LogP contribution in [0.25, 0.3) is 10.8 Å². The maximum absolute atomic E-state index is 12.8. The second-order valence-electron chi connectivity index (χ2n) is 6.80. The minimum Gasteiger partial charge on any atom is -0.321 e. The molecule has 28 heavy (non-hydrogen) atoms. The fourth-order valence-corrected chi connectivity index (χ4v) is 3.31. The SMILES string of the molecule is CC(C)Cn1nc(C(=O)Nc2ccc(S(N)(=O)=O)cc2)c2ccccc2c1=O. The van der Waals surface area contributed by atoms with Gasteiger partial charge in [-0.05, 0) is 36.2 Å². The number of primary sulfonamides is 1. The lowest BCUT2D eigenvalue weighted by molar-refractivity contribution is 0.102. The van der Waals surface area contributed by atoms with E-state index in [1.54, 1.807) is 24.3 Å². The van der Waals surface area contributed by atoms with Crippen LogP contribution in [0, 0.1) is 5.92 Å². The third-order valence-corrected chi connectivity index (χ3v) is 4.99. The lowest BCUT2D eigenvalue weighted by atomic mass is 10.1. The predicted octanol–water partition coefficient (Wildman–Crippen LogP) is 1.95. The van der Waals surface area contributed by atoms with Crippen LogP contribution in [0.5, 0.6) is 0 Å². The number of nitrogens with two attached hydrogens (primary N) is 1. The minimum atomic E-state index is -3.81. The number of anilines is 1. The Bertz CT molecular complexity index is 1200. The number of carbonyl (C=O) groups excluding carboxylic acids is 1. The van der Waals surface area contributed by atoms with Crippen LogP contribution in [0.15, 0.2) is 58.2 Å². The zero-order chi connectivity index (χ0) is 20.5. The summed E-state index contributed by atoms with van der Waals surface area (Å²) >= 11 is 0. The third kappa shape index (κ3) is 4.10. The van der Waals surface area contributed by atoms with Crippen LogP contribution in [0.2, 0.25) is 0 Å². The molecule has 146 valence electrons. The Hall–Kier alpha value is -3.04. The summed E-state index contributed by atoms with van der Waals surface area (Å²) in [6.45, 7) is 4.29.